The van der Waals surface area contributed by atoms with Gasteiger partial charge in [0, 0.05) is 18.7 Å². The number of benzene rings is 1. The number of carbonyl (C=O) groups is 3. The van der Waals surface area contributed by atoms with E-state index >= 15 is 0 Å². The molecule has 1 heterocycles. The largest absolute Gasteiger partial charge is 0.450 e. The molecule has 168 valence electrons. The molecule has 0 radical (unpaired) electrons. The van der Waals surface area contributed by atoms with Gasteiger partial charge >= 0.3 is 12.3 Å². The Morgan fingerprint density at radius 3 is 2.39 bits per heavy atom. The van der Waals surface area contributed by atoms with Gasteiger partial charge in [0.2, 0.25) is 5.54 Å². The van der Waals surface area contributed by atoms with E-state index < -0.39 is 40.5 Å². The molecule has 0 bridgehead atoms. The molecule has 2 amide bonds. The summed E-state index contributed by atoms with van der Waals surface area (Å²) in [6.07, 6.45) is -6.38. The first-order valence-electron chi connectivity index (χ1n) is 10.1. The van der Waals surface area contributed by atoms with E-state index in [9.17, 15) is 27.6 Å². The fourth-order valence-corrected chi connectivity index (χ4v) is 4.27. The number of ether oxygens (including phenoxy) is 1. The lowest BCUT2D eigenvalue weighted by molar-refractivity contribution is -0.191. The van der Waals surface area contributed by atoms with Crippen molar-refractivity contribution in [3.05, 3.63) is 47.2 Å². The van der Waals surface area contributed by atoms with E-state index in [1.54, 1.807) is 43.4 Å². The topological polar surface area (TPSA) is 75.7 Å². The molecule has 3 rings (SSSR count). The van der Waals surface area contributed by atoms with Gasteiger partial charge < -0.3 is 9.64 Å². The predicted molar refractivity (Wildman–Crippen MR) is 106 cm³/mol. The van der Waals surface area contributed by atoms with Crippen LogP contribution in [0.15, 0.2) is 41.6 Å². The first-order chi connectivity index (χ1) is 14.4. The molecule has 0 unspecified atom stereocenters. The summed E-state index contributed by atoms with van der Waals surface area (Å²) in [6.45, 7) is 4.73. The van der Waals surface area contributed by atoms with Crippen LogP contribution in [-0.4, -0.2) is 47.6 Å². The number of hydrogen-bond donors (Lipinski definition) is 1. The maximum absolute atomic E-state index is 14.4. The maximum atomic E-state index is 14.4. The minimum atomic E-state index is -5.23. The Morgan fingerprint density at radius 1 is 1.16 bits per heavy atom. The first kappa shape index (κ1) is 22.8. The molecular formula is C22H25F3N2O4. The Hall–Kier alpha value is -2.84. The van der Waals surface area contributed by atoms with Gasteiger partial charge in [-0.15, -0.1) is 0 Å². The third-order valence-corrected chi connectivity index (χ3v) is 5.58. The van der Waals surface area contributed by atoms with Gasteiger partial charge in [0.05, 0.1) is 12.2 Å². The summed E-state index contributed by atoms with van der Waals surface area (Å²) >= 11 is 0. The lowest BCUT2D eigenvalue weighted by Crippen LogP contribution is -2.66. The molecule has 0 aromatic heterocycles. The zero-order chi connectivity index (χ0) is 23.0. The molecular weight excluding hydrogens is 413 g/mol. The lowest BCUT2D eigenvalue weighted by Gasteiger charge is -2.35. The second-order valence-electron chi connectivity index (χ2n) is 8.55. The van der Waals surface area contributed by atoms with Crippen molar-refractivity contribution < 1.29 is 32.3 Å². The van der Waals surface area contributed by atoms with E-state index in [1.807, 2.05) is 6.07 Å². The van der Waals surface area contributed by atoms with Crippen LogP contribution in [-0.2, 0) is 20.7 Å². The van der Waals surface area contributed by atoms with E-state index in [0.29, 0.717) is 6.42 Å². The summed E-state index contributed by atoms with van der Waals surface area (Å²) in [7, 11) is 0. The summed E-state index contributed by atoms with van der Waals surface area (Å²) in [4.78, 5) is 39.3. The average molecular weight is 438 g/mol. The third kappa shape index (κ3) is 4.05. The number of amides is 2. The van der Waals surface area contributed by atoms with E-state index in [1.165, 1.54) is 6.92 Å². The van der Waals surface area contributed by atoms with Crippen molar-refractivity contribution in [2.24, 2.45) is 5.41 Å². The molecule has 1 atom stereocenters. The quantitative estimate of drug-likeness (QED) is 0.760. The van der Waals surface area contributed by atoms with Crippen LogP contribution < -0.4 is 5.32 Å². The molecule has 1 N–H and O–H groups in total. The summed E-state index contributed by atoms with van der Waals surface area (Å²) in [5.41, 5.74) is -3.89. The highest BCUT2D eigenvalue weighted by Gasteiger charge is 2.71. The van der Waals surface area contributed by atoms with Crippen LogP contribution >= 0.6 is 0 Å². The average Bonchev–Trinajstić information content (AvgIpc) is 2.88. The number of allylic oxidation sites excluding steroid dienone is 1. The monoisotopic (exact) mass is 438 g/mol. The van der Waals surface area contributed by atoms with Crippen molar-refractivity contribution >= 4 is 17.8 Å². The van der Waals surface area contributed by atoms with Gasteiger partial charge in [0.15, 0.2) is 5.78 Å². The Bertz CT molecular complexity index is 924. The molecule has 0 saturated heterocycles. The van der Waals surface area contributed by atoms with Crippen LogP contribution in [0.5, 0.6) is 0 Å². The summed E-state index contributed by atoms with van der Waals surface area (Å²) in [6, 6.07) is 9.01. The minimum Gasteiger partial charge on any atom is -0.450 e. The molecule has 1 aliphatic heterocycles. The van der Waals surface area contributed by atoms with Gasteiger partial charge in [-0.1, -0.05) is 44.2 Å². The highest BCUT2D eigenvalue weighted by molar-refractivity contribution is 6.13. The smallest absolute Gasteiger partial charge is 0.425 e. The molecule has 6 nitrogen and oxygen atoms in total. The molecule has 0 spiro atoms. The maximum Gasteiger partial charge on any atom is 0.425 e. The Balaban J connectivity index is 2.10. The van der Waals surface area contributed by atoms with Crippen molar-refractivity contribution in [1.29, 1.82) is 0 Å². The van der Waals surface area contributed by atoms with Gasteiger partial charge in [0.1, 0.15) is 0 Å². The molecule has 0 fully saturated rings. The Morgan fingerprint density at radius 2 is 1.81 bits per heavy atom. The number of hydrogen-bond acceptors (Lipinski definition) is 4. The normalized spacial score (nSPS) is 23.1. The standard InChI is InChI=1S/C22H25F3N2O4/c1-4-31-19(30)26-21(22(23,24)25)17-15(12-20(2,3)13-16(17)28)27(18(21)29)11-10-14-8-6-5-7-9-14/h5-9H,4,10-13H2,1-3H3,(H,26,30)/t21-/m0/s1. The summed E-state index contributed by atoms with van der Waals surface area (Å²) in [5, 5.41) is 1.71. The van der Waals surface area contributed by atoms with Gasteiger partial charge in [0.25, 0.3) is 5.91 Å². The number of halogens is 3. The Kier molecular flexibility index (Phi) is 5.90. The molecule has 1 aromatic carbocycles. The summed E-state index contributed by atoms with van der Waals surface area (Å²) in [5.74, 6) is -2.17. The summed E-state index contributed by atoms with van der Waals surface area (Å²) < 4.78 is 47.9. The third-order valence-electron chi connectivity index (χ3n) is 5.58. The minimum absolute atomic E-state index is 0.0244. The number of alkyl carbamates (subject to hydrolysis) is 1. The number of alkyl halides is 3. The number of Topliss-reactive ketones (excluding diaryl/α,β-unsaturated/α-hetero) is 1. The fraction of sp³-hybridized carbons (Fsp3) is 0.500. The number of carbonyl (C=O) groups excluding carboxylic acids is 3. The van der Waals surface area contributed by atoms with Crippen molar-refractivity contribution in [1.82, 2.24) is 10.2 Å². The van der Waals surface area contributed by atoms with Crippen LogP contribution in [0.4, 0.5) is 18.0 Å². The van der Waals surface area contributed by atoms with Crippen LogP contribution in [0, 0.1) is 5.41 Å². The predicted octanol–water partition coefficient (Wildman–Crippen LogP) is 3.76. The van der Waals surface area contributed by atoms with E-state index in [4.69, 9.17) is 0 Å². The zero-order valence-electron chi connectivity index (χ0n) is 17.6. The highest BCUT2D eigenvalue weighted by atomic mass is 19.4. The SMILES string of the molecule is CCOC(=O)N[C@]1(C(F)(F)F)C(=O)N(CCc2ccccc2)C2=C1C(=O)CC(C)(C)C2. The molecule has 2 aliphatic rings. The number of nitrogens with one attached hydrogen (secondary N) is 1. The number of rotatable bonds is 5. The number of ketones is 1. The zero-order valence-corrected chi connectivity index (χ0v) is 17.6. The van der Waals surface area contributed by atoms with Crippen molar-refractivity contribution in [2.45, 2.75) is 51.7 Å². The van der Waals surface area contributed by atoms with Gasteiger partial charge in [-0.25, -0.2) is 4.79 Å². The van der Waals surface area contributed by atoms with Crippen molar-refractivity contribution in [3.8, 4) is 0 Å². The fourth-order valence-electron chi connectivity index (χ4n) is 4.27. The van der Waals surface area contributed by atoms with E-state index in [0.717, 1.165) is 10.5 Å². The van der Waals surface area contributed by atoms with Crippen LogP contribution in [0.25, 0.3) is 0 Å². The lowest BCUT2D eigenvalue weighted by atomic mass is 9.72. The van der Waals surface area contributed by atoms with Gasteiger partial charge in [-0.2, -0.15) is 13.2 Å². The molecule has 31 heavy (non-hydrogen) atoms. The van der Waals surface area contributed by atoms with Gasteiger partial charge in [-0.3, -0.25) is 14.9 Å². The molecule has 1 aliphatic carbocycles. The van der Waals surface area contributed by atoms with Crippen LogP contribution in [0.2, 0.25) is 0 Å². The molecule has 1 aromatic rings. The van der Waals surface area contributed by atoms with Crippen LogP contribution in [0.1, 0.15) is 39.2 Å². The first-order valence-corrected chi connectivity index (χ1v) is 10.1. The van der Waals surface area contributed by atoms with E-state index in [-0.39, 0.29) is 31.7 Å². The molecule has 9 heteroatoms. The van der Waals surface area contributed by atoms with Crippen molar-refractivity contribution in [3.63, 3.8) is 0 Å². The second kappa shape index (κ2) is 8.01. The van der Waals surface area contributed by atoms with Crippen LogP contribution in [0.3, 0.4) is 0 Å². The van der Waals surface area contributed by atoms with Gasteiger partial charge in [-0.05, 0) is 30.7 Å². The molecule has 0 saturated carbocycles. The van der Waals surface area contributed by atoms with Crippen molar-refractivity contribution in [2.75, 3.05) is 13.2 Å². The second-order valence-corrected chi connectivity index (χ2v) is 8.55. The highest BCUT2D eigenvalue weighted by Crippen LogP contribution is 2.51. The van der Waals surface area contributed by atoms with E-state index in [2.05, 4.69) is 4.74 Å². The Labute approximate surface area is 178 Å². The number of nitrogens with zero attached hydrogens (tertiary/aromatic N) is 1.